The van der Waals surface area contributed by atoms with Crippen LogP contribution in [-0.2, 0) is 0 Å². The second-order valence-corrected chi connectivity index (χ2v) is 8.16. The van der Waals surface area contributed by atoms with Crippen LogP contribution in [0.25, 0.3) is 22.4 Å². The number of benzene rings is 1. The highest BCUT2D eigenvalue weighted by molar-refractivity contribution is 6.07. The smallest absolute Gasteiger partial charge is 0.259 e. The van der Waals surface area contributed by atoms with E-state index in [1.165, 1.54) is 12.1 Å². The Labute approximate surface area is 180 Å². The van der Waals surface area contributed by atoms with Gasteiger partial charge in [0, 0.05) is 31.7 Å². The first-order valence-corrected chi connectivity index (χ1v) is 10.3. The van der Waals surface area contributed by atoms with Gasteiger partial charge in [0.25, 0.3) is 11.6 Å². The lowest BCUT2D eigenvalue weighted by molar-refractivity contribution is 0.0578. The van der Waals surface area contributed by atoms with Gasteiger partial charge < -0.3 is 9.42 Å². The summed E-state index contributed by atoms with van der Waals surface area (Å²) in [5.74, 6) is -0.239. The zero-order chi connectivity index (χ0) is 22.1. The second kappa shape index (κ2) is 8.44. The van der Waals surface area contributed by atoms with Crippen molar-refractivity contribution in [1.82, 2.24) is 19.9 Å². The van der Waals surface area contributed by atoms with Crippen molar-refractivity contribution in [2.45, 2.75) is 26.8 Å². The number of hydrogen-bond donors (Lipinski definition) is 0. The van der Waals surface area contributed by atoms with Crippen molar-refractivity contribution in [3.63, 3.8) is 0 Å². The molecule has 0 bridgehead atoms. The number of nitrogens with zero attached hydrogens (tertiary/aromatic N) is 5. The molecular formula is C23H24FN5O2. The van der Waals surface area contributed by atoms with Gasteiger partial charge in [0.2, 0.25) is 0 Å². The van der Waals surface area contributed by atoms with Crippen molar-refractivity contribution in [3.05, 3.63) is 47.4 Å². The minimum atomic E-state index is -0.341. The molecule has 0 N–H and O–H groups in total. The molecule has 8 heteroatoms. The fourth-order valence-electron chi connectivity index (χ4n) is 4.06. The molecule has 7 nitrogen and oxygen atoms in total. The first kappa shape index (κ1) is 20.9. The average Bonchev–Trinajstić information content (AvgIpc) is 3.15. The molecule has 1 unspecified atom stereocenters. The van der Waals surface area contributed by atoms with Crippen molar-refractivity contribution < 1.29 is 13.7 Å². The Morgan fingerprint density at radius 2 is 1.87 bits per heavy atom. The summed E-state index contributed by atoms with van der Waals surface area (Å²) in [6, 6.07) is 9.88. The van der Waals surface area contributed by atoms with Crippen molar-refractivity contribution in [2.75, 3.05) is 26.2 Å². The van der Waals surface area contributed by atoms with E-state index in [1.807, 2.05) is 13.8 Å². The van der Waals surface area contributed by atoms with E-state index in [4.69, 9.17) is 4.52 Å². The first-order valence-electron chi connectivity index (χ1n) is 10.3. The fourth-order valence-corrected chi connectivity index (χ4v) is 4.06. The van der Waals surface area contributed by atoms with E-state index in [0.29, 0.717) is 54.1 Å². The predicted octanol–water partition coefficient (Wildman–Crippen LogP) is 3.64. The summed E-state index contributed by atoms with van der Waals surface area (Å²) in [4.78, 5) is 21.9. The molecule has 2 aromatic heterocycles. The Kier molecular flexibility index (Phi) is 5.70. The molecule has 1 aliphatic heterocycles. The van der Waals surface area contributed by atoms with Gasteiger partial charge in [-0.05, 0) is 43.2 Å². The van der Waals surface area contributed by atoms with Crippen molar-refractivity contribution in [2.24, 2.45) is 5.92 Å². The molecule has 0 radical (unpaired) electrons. The molecule has 0 aliphatic carbocycles. The van der Waals surface area contributed by atoms with Gasteiger partial charge in [-0.15, -0.1) is 0 Å². The average molecular weight is 421 g/mol. The van der Waals surface area contributed by atoms with Crippen LogP contribution in [0.2, 0.25) is 0 Å². The van der Waals surface area contributed by atoms with Gasteiger partial charge in [-0.3, -0.25) is 9.69 Å². The maximum atomic E-state index is 13.5. The lowest BCUT2D eigenvalue weighted by Gasteiger charge is -2.38. The highest BCUT2D eigenvalue weighted by atomic mass is 19.1. The predicted molar refractivity (Wildman–Crippen MR) is 114 cm³/mol. The van der Waals surface area contributed by atoms with Crippen LogP contribution >= 0.6 is 0 Å². The minimum absolute atomic E-state index is 0.125. The van der Waals surface area contributed by atoms with E-state index in [-0.39, 0.29) is 29.4 Å². The van der Waals surface area contributed by atoms with Crippen LogP contribution in [0.15, 0.2) is 34.9 Å². The number of aryl methyl sites for hydroxylation is 1. The van der Waals surface area contributed by atoms with Gasteiger partial charge in [-0.25, -0.2) is 9.37 Å². The molecule has 160 valence electrons. The summed E-state index contributed by atoms with van der Waals surface area (Å²) >= 11 is 0. The van der Waals surface area contributed by atoms with Gasteiger partial charge in [0.05, 0.1) is 28.4 Å². The van der Waals surface area contributed by atoms with E-state index in [9.17, 15) is 14.4 Å². The van der Waals surface area contributed by atoms with Gasteiger partial charge in [0.15, 0.2) is 0 Å². The molecule has 1 saturated heterocycles. The number of aromatic nitrogens is 2. The van der Waals surface area contributed by atoms with Gasteiger partial charge in [0.1, 0.15) is 11.9 Å². The standard InChI is InChI=1S/C23H24FN5O2/c1-14(2)20(13-25)28-8-10-29(11-9-28)23(30)18-12-19(16-4-6-17(24)7-5-16)26-22-21(18)15(3)27-31-22/h4-7,12,14,20H,8-11H2,1-3H3. The number of piperazine rings is 1. The number of rotatable bonds is 4. The monoisotopic (exact) mass is 421 g/mol. The van der Waals surface area contributed by atoms with Gasteiger partial charge in [-0.2, -0.15) is 5.26 Å². The lowest BCUT2D eigenvalue weighted by atomic mass is 10.0. The first-order chi connectivity index (χ1) is 14.9. The number of halogens is 1. The number of nitriles is 1. The molecule has 0 saturated carbocycles. The Hall–Kier alpha value is -3.31. The summed E-state index contributed by atoms with van der Waals surface area (Å²) in [6.45, 7) is 8.19. The Morgan fingerprint density at radius 1 is 1.19 bits per heavy atom. The summed E-state index contributed by atoms with van der Waals surface area (Å²) in [5, 5.41) is 14.0. The van der Waals surface area contributed by atoms with Crippen LogP contribution in [0.4, 0.5) is 4.39 Å². The van der Waals surface area contributed by atoms with Gasteiger partial charge in [-0.1, -0.05) is 19.0 Å². The Morgan fingerprint density at radius 3 is 2.48 bits per heavy atom. The summed E-state index contributed by atoms with van der Waals surface area (Å²) in [6.07, 6.45) is 0. The van der Waals surface area contributed by atoms with E-state index < -0.39 is 0 Å². The van der Waals surface area contributed by atoms with Crippen LogP contribution < -0.4 is 0 Å². The summed E-state index contributed by atoms with van der Waals surface area (Å²) < 4.78 is 18.7. The van der Waals surface area contributed by atoms with Crippen LogP contribution in [0.5, 0.6) is 0 Å². The number of hydrogen-bond acceptors (Lipinski definition) is 6. The van der Waals surface area contributed by atoms with Crippen molar-refractivity contribution >= 4 is 17.0 Å². The van der Waals surface area contributed by atoms with E-state index in [1.54, 1.807) is 30.0 Å². The Balaban J connectivity index is 1.64. The number of amides is 1. The maximum Gasteiger partial charge on any atom is 0.259 e. The number of pyridine rings is 1. The maximum absolute atomic E-state index is 13.5. The second-order valence-electron chi connectivity index (χ2n) is 8.16. The third kappa shape index (κ3) is 4.01. The van der Waals surface area contributed by atoms with Crippen molar-refractivity contribution in [3.8, 4) is 17.3 Å². The highest BCUT2D eigenvalue weighted by Gasteiger charge is 2.30. The molecule has 1 amide bonds. The molecule has 31 heavy (non-hydrogen) atoms. The fraction of sp³-hybridized carbons (Fsp3) is 0.391. The topological polar surface area (TPSA) is 86.3 Å². The van der Waals surface area contributed by atoms with Crippen molar-refractivity contribution in [1.29, 1.82) is 5.26 Å². The zero-order valence-corrected chi connectivity index (χ0v) is 17.8. The molecule has 3 aromatic rings. The third-order valence-corrected chi connectivity index (χ3v) is 5.75. The molecule has 1 aliphatic rings. The highest BCUT2D eigenvalue weighted by Crippen LogP contribution is 2.28. The molecule has 1 fully saturated rings. The minimum Gasteiger partial charge on any atom is -0.336 e. The summed E-state index contributed by atoms with van der Waals surface area (Å²) in [7, 11) is 0. The molecule has 1 atom stereocenters. The number of carbonyl (C=O) groups excluding carboxylic acids is 1. The quantitative estimate of drug-likeness (QED) is 0.639. The number of carbonyl (C=O) groups is 1. The molecule has 3 heterocycles. The molecule has 1 aromatic carbocycles. The van der Waals surface area contributed by atoms with Crippen LogP contribution in [0.1, 0.15) is 29.9 Å². The Bertz CT molecular complexity index is 1140. The SMILES string of the molecule is Cc1noc2nc(-c3ccc(F)cc3)cc(C(=O)N3CCN(C(C#N)C(C)C)CC3)c12. The molecular weight excluding hydrogens is 397 g/mol. The van der Waals surface area contributed by atoms with E-state index >= 15 is 0 Å². The van der Waals surface area contributed by atoms with Crippen LogP contribution in [0, 0.1) is 30.0 Å². The third-order valence-electron chi connectivity index (χ3n) is 5.75. The summed E-state index contributed by atoms with van der Waals surface area (Å²) in [5.41, 5.74) is 2.56. The van der Waals surface area contributed by atoms with Crippen LogP contribution in [0.3, 0.4) is 0 Å². The van der Waals surface area contributed by atoms with Gasteiger partial charge >= 0.3 is 0 Å². The lowest BCUT2D eigenvalue weighted by Crippen LogP contribution is -2.52. The number of fused-ring (bicyclic) bond motifs is 1. The molecule has 0 spiro atoms. The van der Waals surface area contributed by atoms with Crippen LogP contribution in [-0.4, -0.2) is 58.1 Å². The van der Waals surface area contributed by atoms with E-state index in [2.05, 4.69) is 21.1 Å². The largest absolute Gasteiger partial charge is 0.336 e. The molecule has 4 rings (SSSR count). The van der Waals surface area contributed by atoms with E-state index in [0.717, 1.165) is 0 Å². The zero-order valence-electron chi connectivity index (χ0n) is 17.8. The normalized spacial score (nSPS) is 15.9.